The molecule has 2 saturated carbocycles. The number of hydrogen-bond acceptors (Lipinski definition) is 3. The third kappa shape index (κ3) is 3.50. The van der Waals surface area contributed by atoms with E-state index in [9.17, 15) is 13.2 Å². The van der Waals surface area contributed by atoms with Gasteiger partial charge < -0.3 is 5.32 Å². The third-order valence-corrected chi connectivity index (χ3v) is 6.84. The van der Waals surface area contributed by atoms with E-state index in [1.165, 1.54) is 0 Å². The number of hydrogen-bond donors (Lipinski definition) is 2. The van der Waals surface area contributed by atoms with Gasteiger partial charge in [0.15, 0.2) is 0 Å². The fourth-order valence-electron chi connectivity index (χ4n) is 3.01. The maximum atomic E-state index is 12.5. The van der Waals surface area contributed by atoms with E-state index in [-0.39, 0.29) is 10.8 Å². The molecule has 0 unspecified atom stereocenters. The summed E-state index contributed by atoms with van der Waals surface area (Å²) < 4.78 is 28.3. The molecule has 0 radical (unpaired) electrons. The van der Waals surface area contributed by atoms with Gasteiger partial charge in [-0.15, -0.1) is 0 Å². The summed E-state index contributed by atoms with van der Waals surface area (Å²) in [5.41, 5.74) is 1.00. The smallest absolute Gasteiger partial charge is 0.261 e. The van der Waals surface area contributed by atoms with Gasteiger partial charge in [-0.25, -0.2) is 8.42 Å². The van der Waals surface area contributed by atoms with Crippen LogP contribution >= 0.6 is 15.9 Å². The lowest BCUT2D eigenvalue weighted by molar-refractivity contribution is -0.123. The summed E-state index contributed by atoms with van der Waals surface area (Å²) in [5.74, 6) is 0.100. The Kier molecular flexibility index (Phi) is 4.31. The molecule has 2 aliphatic rings. The fraction of sp³-hybridized carbons (Fsp3) is 0.316. The van der Waals surface area contributed by atoms with Crippen LogP contribution in [0.3, 0.4) is 0 Å². The molecule has 2 fully saturated rings. The van der Waals surface area contributed by atoms with Crippen LogP contribution < -0.4 is 10.0 Å². The minimum Gasteiger partial charge on any atom is -0.353 e. The highest BCUT2D eigenvalue weighted by molar-refractivity contribution is 9.10. The first-order valence-corrected chi connectivity index (χ1v) is 10.9. The van der Waals surface area contributed by atoms with Crippen molar-refractivity contribution in [2.45, 2.75) is 42.0 Å². The molecular weight excluding hydrogens is 416 g/mol. The number of sulfonamides is 1. The second-order valence-corrected chi connectivity index (χ2v) is 9.56. The van der Waals surface area contributed by atoms with E-state index in [2.05, 4.69) is 26.0 Å². The van der Waals surface area contributed by atoms with Crippen LogP contribution in [0.5, 0.6) is 0 Å². The second kappa shape index (κ2) is 6.39. The van der Waals surface area contributed by atoms with Crippen molar-refractivity contribution >= 4 is 37.5 Å². The molecule has 2 aromatic carbocycles. The van der Waals surface area contributed by atoms with Gasteiger partial charge in [0.1, 0.15) is 0 Å². The number of benzene rings is 2. The molecule has 2 aliphatic carbocycles. The molecule has 26 heavy (non-hydrogen) atoms. The molecule has 7 heteroatoms. The molecule has 0 atom stereocenters. The SMILES string of the molecule is O=C(NC1CC1)C1(c2ccc(NS(=O)(=O)c3ccc(Br)cc3)cc2)CC1. The van der Waals surface area contributed by atoms with Crippen LogP contribution in [0.1, 0.15) is 31.2 Å². The molecule has 136 valence electrons. The quantitative estimate of drug-likeness (QED) is 0.729. The summed E-state index contributed by atoms with van der Waals surface area (Å²) in [4.78, 5) is 12.7. The number of halogens is 1. The lowest BCUT2D eigenvalue weighted by Gasteiger charge is -2.16. The Labute approximate surface area is 161 Å². The van der Waals surface area contributed by atoms with Crippen LogP contribution in [0.25, 0.3) is 0 Å². The fourth-order valence-corrected chi connectivity index (χ4v) is 4.33. The molecular formula is C19H19BrN2O3S. The predicted molar refractivity (Wildman–Crippen MR) is 103 cm³/mol. The maximum Gasteiger partial charge on any atom is 0.261 e. The van der Waals surface area contributed by atoms with Crippen molar-refractivity contribution in [3.05, 3.63) is 58.6 Å². The van der Waals surface area contributed by atoms with Crippen molar-refractivity contribution in [2.75, 3.05) is 4.72 Å². The van der Waals surface area contributed by atoms with Crippen LogP contribution in [0.15, 0.2) is 57.9 Å². The molecule has 0 spiro atoms. The first-order chi connectivity index (χ1) is 12.4. The third-order valence-electron chi connectivity index (χ3n) is 4.91. The molecule has 5 nitrogen and oxygen atoms in total. The van der Waals surface area contributed by atoms with Crippen LogP contribution in [-0.2, 0) is 20.2 Å². The topological polar surface area (TPSA) is 75.3 Å². The molecule has 0 aromatic heterocycles. The van der Waals surface area contributed by atoms with Crippen LogP contribution in [0.4, 0.5) is 5.69 Å². The summed E-state index contributed by atoms with van der Waals surface area (Å²) in [6.07, 6.45) is 3.82. The summed E-state index contributed by atoms with van der Waals surface area (Å²) in [7, 11) is -3.64. The molecule has 0 saturated heterocycles. The number of amides is 1. The first-order valence-electron chi connectivity index (χ1n) is 8.59. The van der Waals surface area contributed by atoms with Gasteiger partial charge in [-0.05, 0) is 67.6 Å². The minimum absolute atomic E-state index is 0.100. The highest BCUT2D eigenvalue weighted by Crippen LogP contribution is 2.49. The van der Waals surface area contributed by atoms with E-state index in [0.717, 1.165) is 35.7 Å². The number of nitrogens with one attached hydrogen (secondary N) is 2. The standard InChI is InChI=1S/C19H19BrN2O3S/c20-14-3-9-17(10-4-14)26(24,25)22-16-5-1-13(2-6-16)19(11-12-19)18(23)21-15-7-8-15/h1-6,9-10,15,22H,7-8,11-12H2,(H,21,23). The zero-order chi connectivity index (χ0) is 18.4. The van der Waals surface area contributed by atoms with Crippen molar-refractivity contribution in [3.63, 3.8) is 0 Å². The van der Waals surface area contributed by atoms with E-state index >= 15 is 0 Å². The monoisotopic (exact) mass is 434 g/mol. The highest BCUT2D eigenvalue weighted by atomic mass is 79.9. The highest BCUT2D eigenvalue weighted by Gasteiger charge is 2.52. The molecule has 1 amide bonds. The Bertz CT molecular complexity index is 932. The Balaban J connectivity index is 1.49. The van der Waals surface area contributed by atoms with Crippen molar-refractivity contribution in [2.24, 2.45) is 0 Å². The molecule has 2 aromatic rings. The number of carbonyl (C=O) groups excluding carboxylic acids is 1. The van der Waals surface area contributed by atoms with E-state index in [4.69, 9.17) is 0 Å². The van der Waals surface area contributed by atoms with Crippen LogP contribution in [0.2, 0.25) is 0 Å². The summed E-state index contributed by atoms with van der Waals surface area (Å²) in [5, 5.41) is 3.08. The molecule has 2 N–H and O–H groups in total. The number of anilines is 1. The van der Waals surface area contributed by atoms with Gasteiger partial charge in [0.25, 0.3) is 10.0 Å². The Morgan fingerprint density at radius 1 is 1.00 bits per heavy atom. The van der Waals surface area contributed by atoms with Crippen molar-refractivity contribution in [1.29, 1.82) is 0 Å². The number of rotatable bonds is 6. The van der Waals surface area contributed by atoms with E-state index in [1.54, 1.807) is 36.4 Å². The van der Waals surface area contributed by atoms with Gasteiger partial charge in [0.05, 0.1) is 10.3 Å². The van der Waals surface area contributed by atoms with E-state index in [1.807, 2.05) is 12.1 Å². The van der Waals surface area contributed by atoms with Crippen molar-refractivity contribution < 1.29 is 13.2 Å². The van der Waals surface area contributed by atoms with Crippen LogP contribution in [-0.4, -0.2) is 20.4 Å². The van der Waals surface area contributed by atoms with Gasteiger partial charge in [-0.3, -0.25) is 9.52 Å². The Morgan fingerprint density at radius 3 is 2.15 bits per heavy atom. The zero-order valence-electron chi connectivity index (χ0n) is 14.0. The van der Waals surface area contributed by atoms with Gasteiger partial charge in [-0.1, -0.05) is 28.1 Å². The summed E-state index contributed by atoms with van der Waals surface area (Å²) >= 11 is 3.29. The Morgan fingerprint density at radius 2 is 1.62 bits per heavy atom. The Hall–Kier alpha value is -1.86. The second-order valence-electron chi connectivity index (χ2n) is 6.97. The van der Waals surface area contributed by atoms with Gasteiger partial charge in [0.2, 0.25) is 5.91 Å². The normalized spacial score (nSPS) is 18.2. The zero-order valence-corrected chi connectivity index (χ0v) is 16.4. The van der Waals surface area contributed by atoms with Crippen molar-refractivity contribution in [3.8, 4) is 0 Å². The summed E-state index contributed by atoms with van der Waals surface area (Å²) in [6.45, 7) is 0. The van der Waals surface area contributed by atoms with E-state index < -0.39 is 15.4 Å². The summed E-state index contributed by atoms with van der Waals surface area (Å²) in [6, 6.07) is 13.9. The minimum atomic E-state index is -3.64. The first kappa shape index (κ1) is 17.5. The molecule has 4 rings (SSSR count). The lowest BCUT2D eigenvalue weighted by atomic mass is 9.95. The van der Waals surface area contributed by atoms with Gasteiger partial charge in [-0.2, -0.15) is 0 Å². The van der Waals surface area contributed by atoms with Crippen molar-refractivity contribution in [1.82, 2.24) is 5.32 Å². The molecule has 0 aliphatic heterocycles. The molecule has 0 heterocycles. The van der Waals surface area contributed by atoms with E-state index in [0.29, 0.717) is 11.7 Å². The largest absolute Gasteiger partial charge is 0.353 e. The predicted octanol–water partition coefficient (Wildman–Crippen LogP) is 3.56. The number of carbonyl (C=O) groups is 1. The maximum absolute atomic E-state index is 12.5. The van der Waals surface area contributed by atoms with Crippen LogP contribution in [0, 0.1) is 0 Å². The average molecular weight is 435 g/mol. The molecule has 0 bridgehead atoms. The van der Waals surface area contributed by atoms with Gasteiger partial charge >= 0.3 is 0 Å². The average Bonchev–Trinajstić information content (AvgIpc) is 3.50. The van der Waals surface area contributed by atoms with Gasteiger partial charge in [0, 0.05) is 16.2 Å². The lowest BCUT2D eigenvalue weighted by Crippen LogP contribution is -2.36.